The Morgan fingerprint density at radius 2 is 2.06 bits per heavy atom. The SMILES string of the molecule is Cc1ccc(F)c(N2CCNCC2C(C)C)c1F. The lowest BCUT2D eigenvalue weighted by molar-refractivity contribution is 0.381. The van der Waals surface area contributed by atoms with E-state index < -0.39 is 11.6 Å². The summed E-state index contributed by atoms with van der Waals surface area (Å²) >= 11 is 0. The van der Waals surface area contributed by atoms with Gasteiger partial charge in [-0.15, -0.1) is 0 Å². The topological polar surface area (TPSA) is 15.3 Å². The van der Waals surface area contributed by atoms with Crippen molar-refractivity contribution in [1.29, 1.82) is 0 Å². The number of hydrogen-bond acceptors (Lipinski definition) is 2. The summed E-state index contributed by atoms with van der Waals surface area (Å²) in [6.45, 7) is 8.00. The molecule has 1 aromatic carbocycles. The number of nitrogens with zero attached hydrogens (tertiary/aromatic N) is 1. The van der Waals surface area contributed by atoms with E-state index in [0.29, 0.717) is 18.0 Å². The predicted molar refractivity (Wildman–Crippen MR) is 69.9 cm³/mol. The number of halogens is 2. The molecule has 100 valence electrons. The van der Waals surface area contributed by atoms with E-state index in [1.54, 1.807) is 6.92 Å². The van der Waals surface area contributed by atoms with Crippen LogP contribution in [-0.2, 0) is 0 Å². The molecule has 0 bridgehead atoms. The number of aryl methyl sites for hydroxylation is 1. The van der Waals surface area contributed by atoms with Gasteiger partial charge in [0.1, 0.15) is 11.5 Å². The van der Waals surface area contributed by atoms with Gasteiger partial charge >= 0.3 is 0 Å². The van der Waals surface area contributed by atoms with E-state index in [4.69, 9.17) is 0 Å². The molecule has 0 radical (unpaired) electrons. The van der Waals surface area contributed by atoms with Gasteiger partial charge in [0.2, 0.25) is 0 Å². The minimum Gasteiger partial charge on any atom is -0.361 e. The molecule has 1 heterocycles. The second kappa shape index (κ2) is 5.22. The molecule has 1 aromatic rings. The maximum atomic E-state index is 14.2. The smallest absolute Gasteiger partial charge is 0.152 e. The Bertz CT molecular complexity index is 432. The van der Waals surface area contributed by atoms with Gasteiger partial charge in [0.05, 0.1) is 0 Å². The van der Waals surface area contributed by atoms with Gasteiger partial charge in [-0.25, -0.2) is 8.78 Å². The highest BCUT2D eigenvalue weighted by molar-refractivity contribution is 5.53. The number of anilines is 1. The fourth-order valence-electron chi connectivity index (χ4n) is 2.50. The fraction of sp³-hybridized carbons (Fsp3) is 0.571. The van der Waals surface area contributed by atoms with Crippen LogP contribution in [0.3, 0.4) is 0 Å². The molecule has 0 aromatic heterocycles. The first-order chi connectivity index (χ1) is 8.52. The van der Waals surface area contributed by atoms with Crippen molar-refractivity contribution in [1.82, 2.24) is 5.32 Å². The highest BCUT2D eigenvalue weighted by Crippen LogP contribution is 2.29. The van der Waals surface area contributed by atoms with Gasteiger partial charge in [-0.1, -0.05) is 19.9 Å². The molecule has 18 heavy (non-hydrogen) atoms. The van der Waals surface area contributed by atoms with Crippen LogP contribution in [0.15, 0.2) is 12.1 Å². The molecule has 1 aliphatic heterocycles. The number of piperazine rings is 1. The Balaban J connectivity index is 2.42. The Labute approximate surface area is 107 Å². The summed E-state index contributed by atoms with van der Waals surface area (Å²) in [4.78, 5) is 1.87. The minimum absolute atomic E-state index is 0.129. The average molecular weight is 254 g/mol. The molecule has 0 aliphatic carbocycles. The second-order valence-corrected chi connectivity index (χ2v) is 5.24. The predicted octanol–water partition coefficient (Wildman–Crippen LogP) is 2.71. The highest BCUT2D eigenvalue weighted by atomic mass is 19.1. The summed E-state index contributed by atoms with van der Waals surface area (Å²) < 4.78 is 28.1. The zero-order chi connectivity index (χ0) is 13.3. The lowest BCUT2D eigenvalue weighted by atomic mass is 9.99. The summed E-state index contributed by atoms with van der Waals surface area (Å²) in [6.07, 6.45) is 0. The molecule has 1 atom stereocenters. The van der Waals surface area contributed by atoms with Crippen molar-refractivity contribution >= 4 is 5.69 Å². The summed E-state index contributed by atoms with van der Waals surface area (Å²) in [5.74, 6) is -0.551. The number of nitrogens with one attached hydrogen (secondary N) is 1. The Kier molecular flexibility index (Phi) is 3.85. The summed E-state index contributed by atoms with van der Waals surface area (Å²) in [5.41, 5.74) is 0.627. The molecule has 1 saturated heterocycles. The van der Waals surface area contributed by atoms with E-state index >= 15 is 0 Å². The Morgan fingerprint density at radius 1 is 1.33 bits per heavy atom. The van der Waals surface area contributed by atoms with E-state index in [2.05, 4.69) is 19.2 Å². The van der Waals surface area contributed by atoms with Gasteiger partial charge in [0, 0.05) is 25.7 Å². The maximum absolute atomic E-state index is 14.2. The van der Waals surface area contributed by atoms with Gasteiger partial charge in [-0.2, -0.15) is 0 Å². The maximum Gasteiger partial charge on any atom is 0.152 e. The van der Waals surface area contributed by atoms with Gasteiger partial charge < -0.3 is 10.2 Å². The summed E-state index contributed by atoms with van der Waals surface area (Å²) in [7, 11) is 0. The van der Waals surface area contributed by atoms with Crippen LogP contribution in [-0.4, -0.2) is 25.7 Å². The fourth-order valence-corrected chi connectivity index (χ4v) is 2.50. The molecule has 4 heteroatoms. The first kappa shape index (κ1) is 13.3. The molecule has 0 saturated carbocycles. The van der Waals surface area contributed by atoms with Crippen molar-refractivity contribution in [3.05, 3.63) is 29.3 Å². The van der Waals surface area contributed by atoms with Crippen LogP contribution >= 0.6 is 0 Å². The van der Waals surface area contributed by atoms with Gasteiger partial charge in [-0.3, -0.25) is 0 Å². The van der Waals surface area contributed by atoms with Crippen LogP contribution in [0.25, 0.3) is 0 Å². The normalized spacial score (nSPS) is 20.6. The molecule has 1 aliphatic rings. The van der Waals surface area contributed by atoms with E-state index in [1.807, 2.05) is 4.90 Å². The third-order valence-corrected chi connectivity index (χ3v) is 3.60. The van der Waals surface area contributed by atoms with E-state index in [-0.39, 0.29) is 11.7 Å². The van der Waals surface area contributed by atoms with Crippen molar-refractivity contribution in [2.45, 2.75) is 26.8 Å². The molecule has 0 spiro atoms. The van der Waals surface area contributed by atoms with Crippen LogP contribution in [0.5, 0.6) is 0 Å². The van der Waals surface area contributed by atoms with Crippen molar-refractivity contribution in [3.8, 4) is 0 Å². The third kappa shape index (κ3) is 2.34. The Morgan fingerprint density at radius 3 is 2.72 bits per heavy atom. The van der Waals surface area contributed by atoms with Crippen LogP contribution in [0.4, 0.5) is 14.5 Å². The molecule has 1 unspecified atom stereocenters. The van der Waals surface area contributed by atoms with Gasteiger partial charge in [-0.05, 0) is 24.5 Å². The van der Waals surface area contributed by atoms with Crippen LogP contribution in [0.2, 0.25) is 0 Å². The van der Waals surface area contributed by atoms with Crippen molar-refractivity contribution in [2.24, 2.45) is 5.92 Å². The first-order valence-corrected chi connectivity index (χ1v) is 6.44. The number of rotatable bonds is 2. The summed E-state index contributed by atoms with van der Waals surface area (Å²) in [5, 5.41) is 3.28. The van der Waals surface area contributed by atoms with Crippen LogP contribution in [0, 0.1) is 24.5 Å². The molecular weight excluding hydrogens is 234 g/mol. The first-order valence-electron chi connectivity index (χ1n) is 6.44. The number of hydrogen-bond donors (Lipinski definition) is 1. The van der Waals surface area contributed by atoms with Crippen LogP contribution < -0.4 is 10.2 Å². The van der Waals surface area contributed by atoms with E-state index in [9.17, 15) is 8.78 Å². The lowest BCUT2D eigenvalue weighted by Crippen LogP contribution is -2.54. The molecule has 1 fully saturated rings. The van der Waals surface area contributed by atoms with Crippen molar-refractivity contribution in [3.63, 3.8) is 0 Å². The molecule has 0 amide bonds. The van der Waals surface area contributed by atoms with Crippen molar-refractivity contribution < 1.29 is 8.78 Å². The molecular formula is C14H20F2N2. The third-order valence-electron chi connectivity index (χ3n) is 3.60. The second-order valence-electron chi connectivity index (χ2n) is 5.24. The Hall–Kier alpha value is -1.16. The monoisotopic (exact) mass is 254 g/mol. The van der Waals surface area contributed by atoms with Gasteiger partial charge in [0.15, 0.2) is 5.82 Å². The largest absolute Gasteiger partial charge is 0.361 e. The van der Waals surface area contributed by atoms with E-state index in [0.717, 1.165) is 13.1 Å². The lowest BCUT2D eigenvalue weighted by Gasteiger charge is -2.40. The highest BCUT2D eigenvalue weighted by Gasteiger charge is 2.29. The quantitative estimate of drug-likeness (QED) is 0.873. The standard InChI is InChI=1S/C14H20F2N2/c1-9(2)12-8-17-6-7-18(12)14-11(15)5-4-10(3)13(14)16/h4-5,9,12,17H,6-8H2,1-3H3. The zero-order valence-corrected chi connectivity index (χ0v) is 11.1. The molecule has 2 nitrogen and oxygen atoms in total. The zero-order valence-electron chi connectivity index (χ0n) is 11.1. The van der Waals surface area contributed by atoms with Crippen molar-refractivity contribution in [2.75, 3.05) is 24.5 Å². The van der Waals surface area contributed by atoms with E-state index in [1.165, 1.54) is 12.1 Å². The van der Waals surface area contributed by atoms with Crippen LogP contribution in [0.1, 0.15) is 19.4 Å². The van der Waals surface area contributed by atoms with Gasteiger partial charge in [0.25, 0.3) is 0 Å². The molecule has 1 N–H and O–H groups in total. The average Bonchev–Trinajstić information content (AvgIpc) is 2.35. The summed E-state index contributed by atoms with van der Waals surface area (Å²) in [6, 6.07) is 2.97. The molecule has 2 rings (SSSR count). The minimum atomic E-state index is -0.467. The number of benzene rings is 1.